The van der Waals surface area contributed by atoms with E-state index < -0.39 is 0 Å². The molecule has 0 amide bonds. The molecule has 0 unspecified atom stereocenters. The molecule has 2 N–H and O–H groups in total. The maximum atomic E-state index is 9.59. The smallest absolute Gasteiger partial charge is 0.120 e. The lowest BCUT2D eigenvalue weighted by Gasteiger charge is -2.06. The molecule has 0 atom stereocenters. The Morgan fingerprint density at radius 3 is 2.76 bits per heavy atom. The van der Waals surface area contributed by atoms with Crippen molar-refractivity contribution < 1.29 is 5.11 Å². The van der Waals surface area contributed by atoms with Gasteiger partial charge in [0.05, 0.1) is 0 Å². The Morgan fingerprint density at radius 2 is 2.00 bits per heavy atom. The highest BCUT2D eigenvalue weighted by Crippen LogP contribution is 2.15. The molecule has 0 aliphatic heterocycles. The van der Waals surface area contributed by atoms with Gasteiger partial charge in [0.1, 0.15) is 5.75 Å². The Morgan fingerprint density at radius 1 is 1.18 bits per heavy atom. The summed E-state index contributed by atoms with van der Waals surface area (Å²) in [5.41, 5.74) is 2.00. The van der Waals surface area contributed by atoms with Gasteiger partial charge in [-0.3, -0.25) is 4.98 Å². The number of pyridine rings is 1. The van der Waals surface area contributed by atoms with Gasteiger partial charge >= 0.3 is 0 Å². The number of halogens is 1. The van der Waals surface area contributed by atoms with E-state index in [4.69, 9.17) is 0 Å². The molecule has 0 aliphatic carbocycles. The second-order valence-corrected chi connectivity index (χ2v) is 4.66. The number of aromatic nitrogens is 1. The van der Waals surface area contributed by atoms with E-state index in [1.807, 2.05) is 30.5 Å². The van der Waals surface area contributed by atoms with Crippen molar-refractivity contribution in [3.05, 3.63) is 58.3 Å². The van der Waals surface area contributed by atoms with Crippen LogP contribution < -0.4 is 5.32 Å². The lowest BCUT2D eigenvalue weighted by Crippen LogP contribution is -2.12. The van der Waals surface area contributed by atoms with Crippen molar-refractivity contribution in [2.75, 3.05) is 0 Å². The molecule has 0 saturated heterocycles. The summed E-state index contributed by atoms with van der Waals surface area (Å²) in [6.07, 6.45) is 3.58. The number of phenols is 1. The maximum absolute atomic E-state index is 9.59. The van der Waals surface area contributed by atoms with Crippen molar-refractivity contribution in [2.24, 2.45) is 0 Å². The molecule has 0 fully saturated rings. The van der Waals surface area contributed by atoms with Gasteiger partial charge in [0, 0.05) is 35.5 Å². The van der Waals surface area contributed by atoms with Crippen LogP contribution in [0.1, 0.15) is 11.1 Å². The Hall–Kier alpha value is -1.39. The van der Waals surface area contributed by atoms with Crippen LogP contribution in [0, 0.1) is 0 Å². The summed E-state index contributed by atoms with van der Waals surface area (Å²) in [6, 6.07) is 9.35. The molecule has 17 heavy (non-hydrogen) atoms. The van der Waals surface area contributed by atoms with E-state index in [-0.39, 0.29) is 0 Å². The van der Waals surface area contributed by atoms with E-state index in [0.29, 0.717) is 12.3 Å². The lowest BCUT2D eigenvalue weighted by atomic mass is 10.2. The van der Waals surface area contributed by atoms with E-state index in [0.717, 1.165) is 22.1 Å². The van der Waals surface area contributed by atoms with E-state index in [9.17, 15) is 5.11 Å². The van der Waals surface area contributed by atoms with Crippen LogP contribution in [0.5, 0.6) is 5.75 Å². The van der Waals surface area contributed by atoms with Crippen LogP contribution in [0.4, 0.5) is 0 Å². The second kappa shape index (κ2) is 5.80. The first-order chi connectivity index (χ1) is 8.25. The van der Waals surface area contributed by atoms with Gasteiger partial charge < -0.3 is 10.4 Å². The minimum Gasteiger partial charge on any atom is -0.508 e. The summed E-state index contributed by atoms with van der Waals surface area (Å²) < 4.78 is 0.972. The van der Waals surface area contributed by atoms with Crippen LogP contribution in [0.2, 0.25) is 0 Å². The third kappa shape index (κ3) is 3.54. The van der Waals surface area contributed by atoms with Gasteiger partial charge in [-0.25, -0.2) is 0 Å². The van der Waals surface area contributed by atoms with E-state index in [2.05, 4.69) is 26.2 Å². The van der Waals surface area contributed by atoms with Crippen molar-refractivity contribution in [2.45, 2.75) is 13.1 Å². The second-order valence-electron chi connectivity index (χ2n) is 3.74. The highest BCUT2D eigenvalue weighted by atomic mass is 79.9. The molecular weight excluding hydrogens is 280 g/mol. The lowest BCUT2D eigenvalue weighted by molar-refractivity contribution is 0.464. The van der Waals surface area contributed by atoms with E-state index in [1.165, 1.54) is 0 Å². The molecular formula is C13H13BrN2O. The Labute approximate surface area is 109 Å². The largest absolute Gasteiger partial charge is 0.508 e. The number of hydrogen-bond acceptors (Lipinski definition) is 3. The zero-order chi connectivity index (χ0) is 12.1. The summed E-state index contributed by atoms with van der Waals surface area (Å²) in [5, 5.41) is 12.9. The fraction of sp³-hybridized carbons (Fsp3) is 0.154. The molecule has 1 aromatic heterocycles. The average Bonchev–Trinajstić information content (AvgIpc) is 2.32. The molecule has 1 aromatic carbocycles. The summed E-state index contributed by atoms with van der Waals surface area (Å²) in [7, 11) is 0. The highest BCUT2D eigenvalue weighted by Gasteiger charge is 1.99. The number of para-hydroxylation sites is 1. The Bertz CT molecular complexity index is 502. The SMILES string of the molecule is Oc1ccccc1CNCc1cncc(Br)c1. The van der Waals surface area contributed by atoms with Crippen molar-refractivity contribution in [1.29, 1.82) is 0 Å². The number of benzene rings is 1. The third-order valence-corrected chi connectivity index (χ3v) is 2.83. The number of nitrogens with zero attached hydrogens (tertiary/aromatic N) is 1. The average molecular weight is 293 g/mol. The summed E-state index contributed by atoms with van der Waals surface area (Å²) in [6.45, 7) is 1.36. The van der Waals surface area contributed by atoms with Gasteiger partial charge in [-0.1, -0.05) is 18.2 Å². The van der Waals surface area contributed by atoms with Gasteiger partial charge in [-0.2, -0.15) is 0 Å². The standard InChI is InChI=1S/C13H13BrN2O/c14-12-5-10(7-16-9-12)6-15-8-11-3-1-2-4-13(11)17/h1-5,7,9,15,17H,6,8H2. The maximum Gasteiger partial charge on any atom is 0.120 e. The number of aromatic hydroxyl groups is 1. The van der Waals surface area contributed by atoms with Crippen LogP contribution in [-0.4, -0.2) is 10.1 Å². The molecule has 0 aliphatic rings. The first kappa shape index (κ1) is 12.1. The number of rotatable bonds is 4. The summed E-state index contributed by atoms with van der Waals surface area (Å²) in [4.78, 5) is 4.09. The van der Waals surface area contributed by atoms with Crippen LogP contribution in [0.25, 0.3) is 0 Å². The predicted molar refractivity (Wildman–Crippen MR) is 70.6 cm³/mol. The number of nitrogens with one attached hydrogen (secondary N) is 1. The summed E-state index contributed by atoms with van der Waals surface area (Å²) >= 11 is 3.38. The van der Waals surface area contributed by atoms with Gasteiger partial charge in [0.15, 0.2) is 0 Å². The zero-order valence-corrected chi connectivity index (χ0v) is 10.8. The molecule has 4 heteroatoms. The Balaban J connectivity index is 1.90. The van der Waals surface area contributed by atoms with Crippen molar-refractivity contribution in [3.8, 4) is 5.75 Å². The van der Waals surface area contributed by atoms with Gasteiger partial charge in [-0.05, 0) is 33.6 Å². The minimum absolute atomic E-state index is 0.326. The minimum atomic E-state index is 0.326. The van der Waals surface area contributed by atoms with E-state index >= 15 is 0 Å². The molecule has 0 bridgehead atoms. The van der Waals surface area contributed by atoms with Gasteiger partial charge in [0.25, 0.3) is 0 Å². The van der Waals surface area contributed by atoms with Crippen LogP contribution in [0.3, 0.4) is 0 Å². The molecule has 88 valence electrons. The molecule has 3 nitrogen and oxygen atoms in total. The summed E-state index contributed by atoms with van der Waals surface area (Å²) in [5.74, 6) is 0.326. The molecule has 2 rings (SSSR count). The quantitative estimate of drug-likeness (QED) is 0.911. The fourth-order valence-corrected chi connectivity index (χ4v) is 1.97. The van der Waals surface area contributed by atoms with Crippen LogP contribution in [0.15, 0.2) is 47.2 Å². The first-order valence-electron chi connectivity index (χ1n) is 5.33. The van der Waals surface area contributed by atoms with Crippen molar-refractivity contribution in [3.63, 3.8) is 0 Å². The molecule has 1 heterocycles. The molecule has 0 radical (unpaired) electrons. The van der Waals surface area contributed by atoms with Crippen LogP contribution in [-0.2, 0) is 13.1 Å². The monoisotopic (exact) mass is 292 g/mol. The first-order valence-corrected chi connectivity index (χ1v) is 6.12. The fourth-order valence-electron chi connectivity index (χ4n) is 1.55. The Kier molecular flexibility index (Phi) is 4.12. The highest BCUT2D eigenvalue weighted by molar-refractivity contribution is 9.10. The topological polar surface area (TPSA) is 45.1 Å². The molecule has 2 aromatic rings. The zero-order valence-electron chi connectivity index (χ0n) is 9.23. The van der Waals surface area contributed by atoms with Gasteiger partial charge in [0.2, 0.25) is 0 Å². The number of phenolic OH excluding ortho intramolecular Hbond substituents is 1. The van der Waals surface area contributed by atoms with Crippen molar-refractivity contribution in [1.82, 2.24) is 10.3 Å². The normalized spacial score (nSPS) is 10.4. The third-order valence-electron chi connectivity index (χ3n) is 2.40. The van der Waals surface area contributed by atoms with Crippen molar-refractivity contribution >= 4 is 15.9 Å². The number of hydrogen-bond donors (Lipinski definition) is 2. The van der Waals surface area contributed by atoms with E-state index in [1.54, 1.807) is 12.3 Å². The molecule has 0 spiro atoms. The predicted octanol–water partition coefficient (Wildman–Crippen LogP) is 2.84. The van der Waals surface area contributed by atoms with Gasteiger partial charge in [-0.15, -0.1) is 0 Å². The molecule has 0 saturated carbocycles. The van der Waals surface area contributed by atoms with Crippen LogP contribution >= 0.6 is 15.9 Å².